The number of hydrogen-bond acceptors (Lipinski definition) is 4. The van der Waals surface area contributed by atoms with Crippen molar-refractivity contribution in [2.24, 2.45) is 0 Å². The monoisotopic (exact) mass is 212 g/mol. The molecule has 0 unspecified atom stereocenters. The third-order valence-electron chi connectivity index (χ3n) is 0.0845. The largest absolute Gasteiger partial charge is 1.00 e. The number of halogens is 1. The predicted octanol–water partition coefficient (Wildman–Crippen LogP) is -8.66. The fourth-order valence-corrected chi connectivity index (χ4v) is 0. The first-order valence-electron chi connectivity index (χ1n) is 0.885. The second kappa shape index (κ2) is 13.9. The minimum atomic E-state index is -4.88. The third-order valence-corrected chi connectivity index (χ3v) is 0.761. The van der Waals surface area contributed by atoms with E-state index in [-0.39, 0.29) is 70.1 Å². The Morgan fingerprint density at radius 3 is 1.30 bits per heavy atom. The van der Waals surface area contributed by atoms with E-state index in [4.69, 9.17) is 14.4 Å². The maximum Gasteiger partial charge on any atom is 1.00 e. The Balaban J connectivity index is -0.0000000208. The smallest absolute Gasteiger partial charge is 0.789 e. The van der Waals surface area contributed by atoms with E-state index in [0.29, 0.717) is 0 Å². The van der Waals surface area contributed by atoms with Gasteiger partial charge in [0.1, 0.15) is 0 Å². The molecule has 0 aromatic carbocycles. The molecule has 0 heterocycles. The van der Waals surface area contributed by atoms with E-state index in [1.807, 2.05) is 0 Å². The van der Waals surface area contributed by atoms with Gasteiger partial charge in [-0.3, -0.25) is 0 Å². The molecule has 0 fully saturated rings. The van der Waals surface area contributed by atoms with Gasteiger partial charge in [-0.1, -0.05) is 0 Å². The summed E-state index contributed by atoms with van der Waals surface area (Å²) in [5.74, 6) is 0. The molecule has 0 amide bonds. The summed E-state index contributed by atoms with van der Waals surface area (Å²) in [4.78, 5) is 18.2. The Kier molecular flexibility index (Phi) is 40.9. The van der Waals surface area contributed by atoms with Crippen molar-refractivity contribution in [2.45, 2.75) is 0 Å². The number of rotatable bonds is 1. The zero-order valence-corrected chi connectivity index (χ0v) is 11.1. The average Bonchev–Trinajstić information content (AvgIpc) is 1.35. The Morgan fingerprint density at radius 2 is 1.30 bits per heavy atom. The molecular formula is H4ClNa2O6P. The summed E-state index contributed by atoms with van der Waals surface area (Å²) < 4.78 is 12.0. The maximum absolute atomic E-state index is 9.12. The summed E-state index contributed by atoms with van der Waals surface area (Å²) in [6, 6.07) is 0. The van der Waals surface area contributed by atoms with Crippen LogP contribution in [0.25, 0.3) is 0 Å². The summed E-state index contributed by atoms with van der Waals surface area (Å²) in [6.45, 7) is 0. The molecule has 0 bridgehead atoms. The summed E-state index contributed by atoms with van der Waals surface area (Å²) in [5, 5.41) is 0. The van der Waals surface area contributed by atoms with Gasteiger partial charge in [0.05, 0.1) is 19.7 Å². The van der Waals surface area contributed by atoms with E-state index < -0.39 is 7.82 Å². The minimum Gasteiger partial charge on any atom is -0.789 e. The van der Waals surface area contributed by atoms with Gasteiger partial charge in [0.25, 0.3) is 0 Å². The topological polar surface area (TPSA) is 135 Å². The van der Waals surface area contributed by atoms with E-state index in [0.717, 1.165) is 0 Å². The first-order chi connectivity index (χ1) is 2.56. The van der Waals surface area contributed by atoms with Gasteiger partial charge in [-0.05, 0) is 0 Å². The zero-order valence-electron chi connectivity index (χ0n) is 5.46. The van der Waals surface area contributed by atoms with E-state index in [2.05, 4.69) is 15.9 Å². The zero-order chi connectivity index (χ0) is 5.21. The van der Waals surface area contributed by atoms with Crippen LogP contribution in [0.2, 0.25) is 0 Å². The molecule has 0 spiro atoms. The van der Waals surface area contributed by atoms with Crippen molar-refractivity contribution in [3.63, 3.8) is 0 Å². The predicted molar refractivity (Wildman–Crippen MR) is 21.8 cm³/mol. The van der Waals surface area contributed by atoms with E-state index >= 15 is 0 Å². The quantitative estimate of drug-likeness (QED) is 0.315. The Hall–Kier alpha value is 2.32. The molecule has 0 saturated heterocycles. The first kappa shape index (κ1) is 29.5. The molecular weight excluding hydrogens is 208 g/mol. The number of hydrogen-bond donors (Lipinski definition) is 0. The van der Waals surface area contributed by atoms with Crippen molar-refractivity contribution in [3.8, 4) is 0 Å². The van der Waals surface area contributed by atoms with E-state index in [1.54, 1.807) is 0 Å². The van der Waals surface area contributed by atoms with Crippen LogP contribution in [-0.4, -0.2) is 11.0 Å². The average molecular weight is 212 g/mol. The molecule has 0 aliphatic carbocycles. The summed E-state index contributed by atoms with van der Waals surface area (Å²) in [7, 11) is -4.88. The second-order valence-electron chi connectivity index (χ2n) is 0.516. The van der Waals surface area contributed by atoms with Gasteiger partial charge in [-0.2, -0.15) is 0 Å². The van der Waals surface area contributed by atoms with Crippen LogP contribution in [0.1, 0.15) is 0 Å². The van der Waals surface area contributed by atoms with Gasteiger partial charge in [0.2, 0.25) is 0 Å². The van der Waals surface area contributed by atoms with Crippen molar-refractivity contribution in [1.29, 1.82) is 0 Å². The van der Waals surface area contributed by atoms with E-state index in [9.17, 15) is 0 Å². The summed E-state index contributed by atoms with van der Waals surface area (Å²) in [5.41, 5.74) is 0. The van der Waals surface area contributed by atoms with Crippen LogP contribution in [0.4, 0.5) is 0 Å². The molecule has 0 aromatic heterocycles. The van der Waals surface area contributed by atoms with Crippen molar-refractivity contribution in [2.75, 3.05) is 0 Å². The molecule has 0 aliphatic heterocycles. The van der Waals surface area contributed by atoms with Crippen LogP contribution in [0.5, 0.6) is 0 Å². The van der Waals surface area contributed by atoms with Gasteiger partial charge >= 0.3 is 59.1 Å². The standard InChI is InChI=1S/ClH2O4P.2Na.2H2O/c1-5-6(2,3)4;;;;/h(H2,2,3,4);;;2*1H2/q;2*+1;;/p-2. The SMILES string of the molecule is O.O.O=P([O-])([O-])OCl.[Na+].[Na+]. The molecule has 0 aromatic rings. The van der Waals surface area contributed by atoms with Gasteiger partial charge < -0.3 is 25.3 Å². The maximum atomic E-state index is 9.12. The fraction of sp³-hybridized carbons (Fsp3) is 0. The molecule has 0 atom stereocenters. The van der Waals surface area contributed by atoms with Crippen molar-refractivity contribution < 1.29 is 88.5 Å². The summed E-state index contributed by atoms with van der Waals surface area (Å²) >= 11 is 4.09. The normalized spacial score (nSPS) is 7.10. The van der Waals surface area contributed by atoms with Crippen LogP contribution >= 0.6 is 19.7 Å². The van der Waals surface area contributed by atoms with Crippen LogP contribution in [0.15, 0.2) is 0 Å². The Labute approximate surface area is 107 Å². The Morgan fingerprint density at radius 1 is 1.20 bits per heavy atom. The molecule has 54 valence electrons. The molecule has 10 heteroatoms. The van der Waals surface area contributed by atoms with Crippen LogP contribution in [-0.2, 0) is 8.64 Å². The molecule has 0 rings (SSSR count). The molecule has 10 heavy (non-hydrogen) atoms. The van der Waals surface area contributed by atoms with Gasteiger partial charge in [-0.15, -0.1) is 0 Å². The summed E-state index contributed by atoms with van der Waals surface area (Å²) in [6.07, 6.45) is 0. The molecule has 4 N–H and O–H groups in total. The first-order valence-corrected chi connectivity index (χ1v) is 2.65. The van der Waals surface area contributed by atoms with E-state index in [1.165, 1.54) is 0 Å². The Bertz CT molecular complexity index is 79.8. The molecule has 0 radical (unpaired) electrons. The van der Waals surface area contributed by atoms with Crippen LogP contribution in [0.3, 0.4) is 0 Å². The molecule has 6 nitrogen and oxygen atoms in total. The van der Waals surface area contributed by atoms with Crippen molar-refractivity contribution >= 4 is 19.7 Å². The number of phosphoric acid groups is 1. The van der Waals surface area contributed by atoms with Gasteiger partial charge in [0, 0.05) is 0 Å². The van der Waals surface area contributed by atoms with Gasteiger partial charge in [0.15, 0.2) is 0 Å². The van der Waals surface area contributed by atoms with Gasteiger partial charge in [-0.25, -0.2) is 4.08 Å². The fourth-order valence-electron chi connectivity index (χ4n) is 0. The molecule has 0 saturated carbocycles. The third kappa shape index (κ3) is 31.7. The van der Waals surface area contributed by atoms with Crippen molar-refractivity contribution in [1.82, 2.24) is 0 Å². The van der Waals surface area contributed by atoms with Crippen molar-refractivity contribution in [3.05, 3.63) is 0 Å². The molecule has 0 aliphatic rings. The second-order valence-corrected chi connectivity index (χ2v) is 1.96. The van der Waals surface area contributed by atoms with Crippen LogP contribution < -0.4 is 68.9 Å². The minimum absolute atomic E-state index is 0. The van der Waals surface area contributed by atoms with Crippen LogP contribution in [0, 0.1) is 0 Å².